The van der Waals surface area contributed by atoms with Gasteiger partial charge in [-0.25, -0.2) is 9.13 Å². The molecule has 0 aliphatic heterocycles. The van der Waals surface area contributed by atoms with E-state index in [4.69, 9.17) is 37.0 Å². The molecule has 90 heavy (non-hydrogen) atoms. The highest BCUT2D eigenvalue weighted by molar-refractivity contribution is 7.47. The summed E-state index contributed by atoms with van der Waals surface area (Å²) in [4.78, 5) is 72.5. The van der Waals surface area contributed by atoms with Crippen LogP contribution < -0.4 is 0 Å². The highest BCUT2D eigenvalue weighted by Gasteiger charge is 2.30. The van der Waals surface area contributed by atoms with E-state index in [0.717, 1.165) is 121 Å². The van der Waals surface area contributed by atoms with Crippen LogP contribution in [0.1, 0.15) is 331 Å². The molecule has 0 rings (SSSR count). The molecule has 0 aromatic carbocycles. The Labute approximate surface area is 548 Å². The molecule has 0 radical (unpaired) electrons. The third-order valence-electron chi connectivity index (χ3n) is 15.8. The zero-order valence-electron chi connectivity index (χ0n) is 58.1. The van der Waals surface area contributed by atoms with E-state index in [1.807, 2.05) is 0 Å². The number of esters is 4. The number of allylic oxidation sites excluding steroid dienone is 4. The summed E-state index contributed by atoms with van der Waals surface area (Å²) in [6, 6.07) is 0. The summed E-state index contributed by atoms with van der Waals surface area (Å²) in [6.07, 6.45) is 48.1. The van der Waals surface area contributed by atoms with Crippen molar-refractivity contribution < 1.29 is 80.2 Å². The minimum Gasteiger partial charge on any atom is -0.462 e. The molecule has 0 bridgehead atoms. The number of hydrogen-bond donors (Lipinski definition) is 3. The average molecular weight is 1320 g/mol. The second kappa shape index (κ2) is 61.4. The first-order valence-electron chi connectivity index (χ1n) is 36.2. The molecule has 0 fully saturated rings. The van der Waals surface area contributed by atoms with Crippen LogP contribution in [0.25, 0.3) is 0 Å². The SMILES string of the molecule is CCCCCC/C=C\C=C/CCCCCCCC(=O)O[C@H](COC(=O)CCCCCCCCCC(C)C)COP(=O)(O)OCC(O)COP(=O)(O)OC[C@@H](COC(=O)CCCCCCCCCCCCC(C)C)OC(=O)CCCCCCCCCCCC(C)C. The number of hydrogen-bond acceptors (Lipinski definition) is 15. The smallest absolute Gasteiger partial charge is 0.462 e. The van der Waals surface area contributed by atoms with Crippen molar-refractivity contribution in [3.05, 3.63) is 24.3 Å². The Kier molecular flexibility index (Phi) is 59.7. The Bertz CT molecular complexity index is 1860. The van der Waals surface area contributed by atoms with Gasteiger partial charge in [0, 0.05) is 25.7 Å². The Morgan fingerprint density at radius 3 is 0.900 bits per heavy atom. The van der Waals surface area contributed by atoms with Gasteiger partial charge in [0.15, 0.2) is 12.2 Å². The second-order valence-corrected chi connectivity index (χ2v) is 29.3. The number of rotatable bonds is 67. The predicted molar refractivity (Wildman–Crippen MR) is 363 cm³/mol. The van der Waals surface area contributed by atoms with Gasteiger partial charge in [0.1, 0.15) is 19.3 Å². The van der Waals surface area contributed by atoms with Crippen LogP contribution in [0.3, 0.4) is 0 Å². The molecule has 0 heterocycles. The highest BCUT2D eigenvalue weighted by atomic mass is 31.2. The van der Waals surface area contributed by atoms with Crippen LogP contribution in [-0.4, -0.2) is 96.7 Å². The van der Waals surface area contributed by atoms with Crippen molar-refractivity contribution in [3.63, 3.8) is 0 Å². The molecular weight excluding hydrogens is 1190 g/mol. The summed E-state index contributed by atoms with van der Waals surface area (Å²) in [6.45, 7) is 11.7. The number of carbonyl (C=O) groups is 4. The third-order valence-corrected chi connectivity index (χ3v) is 17.7. The van der Waals surface area contributed by atoms with Crippen molar-refractivity contribution in [1.29, 1.82) is 0 Å². The number of phosphoric acid groups is 2. The minimum absolute atomic E-state index is 0.0837. The van der Waals surface area contributed by atoms with Crippen LogP contribution in [0.15, 0.2) is 24.3 Å². The number of phosphoric ester groups is 2. The molecule has 0 aliphatic rings. The van der Waals surface area contributed by atoms with Gasteiger partial charge in [-0.2, -0.15) is 0 Å². The van der Waals surface area contributed by atoms with E-state index in [0.29, 0.717) is 31.6 Å². The Hall–Kier alpha value is -2.46. The molecule has 0 saturated carbocycles. The van der Waals surface area contributed by atoms with E-state index in [2.05, 4.69) is 72.8 Å². The molecule has 17 nitrogen and oxygen atoms in total. The fourth-order valence-electron chi connectivity index (χ4n) is 10.2. The lowest BCUT2D eigenvalue weighted by Gasteiger charge is -2.21. The molecule has 19 heteroatoms. The van der Waals surface area contributed by atoms with Crippen molar-refractivity contribution in [2.75, 3.05) is 39.6 Å². The maximum Gasteiger partial charge on any atom is 0.472 e. The maximum atomic E-state index is 13.0. The fourth-order valence-corrected chi connectivity index (χ4v) is 11.8. The quantitative estimate of drug-likeness (QED) is 0.0169. The predicted octanol–water partition coefficient (Wildman–Crippen LogP) is 19.8. The van der Waals surface area contributed by atoms with Crippen LogP contribution in [-0.2, 0) is 65.4 Å². The van der Waals surface area contributed by atoms with Gasteiger partial charge in [0.25, 0.3) is 0 Å². The number of aliphatic hydroxyl groups is 1. The van der Waals surface area contributed by atoms with Gasteiger partial charge in [0.05, 0.1) is 26.4 Å². The number of carbonyl (C=O) groups excluding carboxylic acids is 4. The normalized spacial score (nSPS) is 14.4. The van der Waals surface area contributed by atoms with Gasteiger partial charge in [-0.15, -0.1) is 0 Å². The summed E-state index contributed by atoms with van der Waals surface area (Å²) < 4.78 is 68.3. The van der Waals surface area contributed by atoms with Gasteiger partial charge in [-0.3, -0.25) is 37.3 Å². The van der Waals surface area contributed by atoms with Gasteiger partial charge in [-0.05, 0) is 69.1 Å². The standard InChI is InChI=1S/C71H134O17P2/c1-8-9-10-11-12-13-14-15-16-17-18-25-32-40-47-54-70(75)87-67(59-82-69(74)53-46-39-34-27-30-37-44-51-64(6)7)61-86-90(79,80)84-57-65(72)56-83-89(77,78)85-60-66(88-71(76)55-48-41-33-26-21-23-29-36-43-50-63(4)5)58-81-68(73)52-45-38-31-24-20-19-22-28-35-42-49-62(2)3/h13-16,62-67,72H,8-12,17-61H2,1-7H3,(H,77,78)(H,79,80)/b14-13-,16-15-/t65?,66-,67-/m1/s1. The molecule has 0 aliphatic carbocycles. The fraction of sp³-hybridized carbons (Fsp3) is 0.887. The zero-order valence-corrected chi connectivity index (χ0v) is 59.9. The first kappa shape index (κ1) is 87.5. The molecule has 0 aromatic rings. The molecule has 530 valence electrons. The first-order valence-corrected chi connectivity index (χ1v) is 39.2. The monoisotopic (exact) mass is 1320 g/mol. The maximum absolute atomic E-state index is 13.0. The molecular formula is C71H134O17P2. The summed E-state index contributed by atoms with van der Waals surface area (Å²) in [5, 5.41) is 10.6. The van der Waals surface area contributed by atoms with E-state index in [9.17, 15) is 43.2 Å². The average Bonchev–Trinajstić information content (AvgIpc) is 2.90. The van der Waals surface area contributed by atoms with Crippen molar-refractivity contribution in [3.8, 4) is 0 Å². The van der Waals surface area contributed by atoms with Crippen LogP contribution in [0.4, 0.5) is 0 Å². The van der Waals surface area contributed by atoms with E-state index in [1.54, 1.807) is 0 Å². The summed E-state index contributed by atoms with van der Waals surface area (Å²) in [5.41, 5.74) is 0. The molecule has 0 spiro atoms. The first-order chi connectivity index (χ1) is 43.2. The molecule has 0 saturated heterocycles. The van der Waals surface area contributed by atoms with Gasteiger partial charge >= 0.3 is 39.5 Å². The van der Waals surface area contributed by atoms with E-state index < -0.39 is 97.5 Å². The number of unbranched alkanes of at least 4 members (excludes halogenated alkanes) is 32. The summed E-state index contributed by atoms with van der Waals surface area (Å²) in [5.74, 6) is 0.0364. The topological polar surface area (TPSA) is 237 Å². The number of ether oxygens (including phenoxy) is 4. The van der Waals surface area contributed by atoms with E-state index >= 15 is 0 Å². The second-order valence-electron chi connectivity index (χ2n) is 26.4. The van der Waals surface area contributed by atoms with Gasteiger partial charge < -0.3 is 33.8 Å². The van der Waals surface area contributed by atoms with Gasteiger partial charge in [0.2, 0.25) is 0 Å². The van der Waals surface area contributed by atoms with Crippen molar-refractivity contribution in [2.45, 2.75) is 349 Å². The largest absolute Gasteiger partial charge is 0.472 e. The van der Waals surface area contributed by atoms with Crippen molar-refractivity contribution in [1.82, 2.24) is 0 Å². The third kappa shape index (κ3) is 64.3. The van der Waals surface area contributed by atoms with Crippen molar-refractivity contribution >= 4 is 39.5 Å². The molecule has 3 N–H and O–H groups in total. The van der Waals surface area contributed by atoms with Crippen molar-refractivity contribution in [2.24, 2.45) is 17.8 Å². The van der Waals surface area contributed by atoms with E-state index in [-0.39, 0.29) is 25.7 Å². The van der Waals surface area contributed by atoms with Crippen LogP contribution in [0.2, 0.25) is 0 Å². The summed E-state index contributed by atoms with van der Waals surface area (Å²) in [7, 11) is -9.92. The van der Waals surface area contributed by atoms with E-state index in [1.165, 1.54) is 122 Å². The lowest BCUT2D eigenvalue weighted by atomic mass is 10.0. The van der Waals surface area contributed by atoms with Gasteiger partial charge in [-0.1, -0.05) is 278 Å². The minimum atomic E-state index is -4.96. The van der Waals surface area contributed by atoms with Crippen LogP contribution in [0, 0.1) is 17.8 Å². The lowest BCUT2D eigenvalue weighted by Crippen LogP contribution is -2.30. The Morgan fingerprint density at radius 2 is 0.600 bits per heavy atom. The zero-order chi connectivity index (χ0) is 66.6. The van der Waals surface area contributed by atoms with Crippen LogP contribution in [0.5, 0.6) is 0 Å². The Balaban J connectivity index is 5.29. The molecule has 0 aromatic heterocycles. The number of aliphatic hydroxyl groups excluding tert-OH is 1. The highest BCUT2D eigenvalue weighted by Crippen LogP contribution is 2.45. The molecule has 3 unspecified atom stereocenters. The lowest BCUT2D eigenvalue weighted by molar-refractivity contribution is -0.161. The summed E-state index contributed by atoms with van der Waals surface area (Å²) >= 11 is 0. The van der Waals surface area contributed by atoms with Crippen LogP contribution >= 0.6 is 15.6 Å². The Morgan fingerprint density at radius 1 is 0.344 bits per heavy atom. The molecule has 0 amide bonds. The molecule has 5 atom stereocenters.